The molecule has 0 aromatic carbocycles. The topological polar surface area (TPSA) is 61.8 Å². The quantitative estimate of drug-likeness (QED) is 0.0346. The lowest BCUT2D eigenvalue weighted by Gasteiger charge is -2.18. The summed E-state index contributed by atoms with van der Waals surface area (Å²) in [4.78, 5) is 25.5. The Morgan fingerprint density at radius 2 is 0.682 bits per heavy atom. The van der Waals surface area contributed by atoms with Gasteiger partial charge in [-0.3, -0.25) is 9.59 Å². The van der Waals surface area contributed by atoms with Crippen molar-refractivity contribution in [3.63, 3.8) is 0 Å². The van der Waals surface area contributed by atoms with E-state index in [1.54, 1.807) is 0 Å². The number of esters is 2. The number of carbonyl (C=O) groups is 2. The molecule has 0 aliphatic heterocycles. The smallest absolute Gasteiger partial charge is 0.306 e. The van der Waals surface area contributed by atoms with Crippen molar-refractivity contribution >= 4 is 11.9 Å². The van der Waals surface area contributed by atoms with E-state index in [0.717, 1.165) is 96.3 Å². The highest BCUT2D eigenvalue weighted by atomic mass is 16.6. The summed E-state index contributed by atoms with van der Waals surface area (Å²) in [6.45, 7) is 7.65. The van der Waals surface area contributed by atoms with Gasteiger partial charge in [0.25, 0.3) is 0 Å². The Morgan fingerprint density at radius 1 is 0.348 bits per heavy atom. The fourth-order valence-electron chi connectivity index (χ4n) is 7.70. The van der Waals surface area contributed by atoms with Crippen molar-refractivity contribution in [1.29, 1.82) is 0 Å². The molecule has 0 saturated carbocycles. The molecule has 0 radical (unpaired) electrons. The molecule has 0 aromatic heterocycles. The van der Waals surface area contributed by atoms with Crippen molar-refractivity contribution in [3.8, 4) is 0 Å². The fraction of sp³-hybridized carbons (Fsp3) is 0.738. The molecule has 66 heavy (non-hydrogen) atoms. The first-order valence-electron chi connectivity index (χ1n) is 28.1. The third kappa shape index (κ3) is 53.7. The van der Waals surface area contributed by atoms with Gasteiger partial charge in [0.1, 0.15) is 6.61 Å². The minimum Gasteiger partial charge on any atom is -0.462 e. The van der Waals surface area contributed by atoms with Crippen LogP contribution in [0.5, 0.6) is 0 Å². The van der Waals surface area contributed by atoms with Gasteiger partial charge in [0, 0.05) is 19.4 Å². The molecule has 1 unspecified atom stereocenters. The number of rotatable bonds is 51. The molecule has 0 saturated heterocycles. The highest BCUT2D eigenvalue weighted by molar-refractivity contribution is 5.70. The first kappa shape index (κ1) is 63.1. The molecular formula is C61H106O5. The van der Waals surface area contributed by atoms with Gasteiger partial charge in [-0.15, -0.1) is 0 Å². The molecule has 0 aromatic rings. The van der Waals surface area contributed by atoms with E-state index >= 15 is 0 Å². The van der Waals surface area contributed by atoms with E-state index in [0.29, 0.717) is 19.4 Å². The first-order valence-corrected chi connectivity index (χ1v) is 28.1. The summed E-state index contributed by atoms with van der Waals surface area (Å²) >= 11 is 0. The molecule has 0 rings (SSSR count). The molecule has 5 nitrogen and oxygen atoms in total. The minimum absolute atomic E-state index is 0.0694. The predicted molar refractivity (Wildman–Crippen MR) is 288 cm³/mol. The molecule has 5 heteroatoms. The van der Waals surface area contributed by atoms with Gasteiger partial charge in [-0.1, -0.05) is 221 Å². The van der Waals surface area contributed by atoms with Crippen LogP contribution in [0.4, 0.5) is 0 Å². The van der Waals surface area contributed by atoms with Gasteiger partial charge in [0.15, 0.2) is 6.10 Å². The van der Waals surface area contributed by atoms with Crippen molar-refractivity contribution in [2.75, 3.05) is 19.8 Å². The van der Waals surface area contributed by atoms with Gasteiger partial charge in [-0.2, -0.15) is 0 Å². The summed E-state index contributed by atoms with van der Waals surface area (Å²) in [5.41, 5.74) is 0. The molecule has 0 N–H and O–H groups in total. The average Bonchev–Trinajstić information content (AvgIpc) is 3.32. The Balaban J connectivity index is 4.30. The Kier molecular flexibility index (Phi) is 53.9. The molecule has 0 aliphatic rings. The second-order valence-corrected chi connectivity index (χ2v) is 18.4. The first-order chi connectivity index (χ1) is 32.6. The molecular weight excluding hydrogens is 813 g/mol. The van der Waals surface area contributed by atoms with E-state index in [1.165, 1.54) is 135 Å². The Hall–Kier alpha value is -2.92. The number of allylic oxidation sites excluding steroid dienone is 14. The normalized spacial score (nSPS) is 12.8. The highest BCUT2D eigenvalue weighted by Crippen LogP contribution is 2.14. The van der Waals surface area contributed by atoms with Crippen LogP contribution in [0.3, 0.4) is 0 Å². The minimum atomic E-state index is -0.554. The summed E-state index contributed by atoms with van der Waals surface area (Å²) < 4.78 is 17.4. The van der Waals surface area contributed by atoms with E-state index in [-0.39, 0.29) is 25.2 Å². The predicted octanol–water partition coefficient (Wildman–Crippen LogP) is 19.2. The van der Waals surface area contributed by atoms with E-state index in [2.05, 4.69) is 106 Å². The molecule has 0 fully saturated rings. The van der Waals surface area contributed by atoms with Crippen LogP contribution in [0.2, 0.25) is 0 Å². The van der Waals surface area contributed by atoms with Crippen LogP contribution in [0.1, 0.15) is 265 Å². The molecule has 380 valence electrons. The summed E-state index contributed by atoms with van der Waals surface area (Å²) in [7, 11) is 0. The Bertz CT molecular complexity index is 1220. The van der Waals surface area contributed by atoms with Crippen LogP contribution in [0, 0.1) is 0 Å². The highest BCUT2D eigenvalue weighted by Gasteiger charge is 2.17. The molecule has 0 spiro atoms. The third-order valence-corrected chi connectivity index (χ3v) is 11.9. The van der Waals surface area contributed by atoms with Gasteiger partial charge < -0.3 is 14.2 Å². The Labute approximate surface area is 409 Å². The maximum absolute atomic E-state index is 12.8. The van der Waals surface area contributed by atoms with Crippen molar-refractivity contribution in [2.45, 2.75) is 271 Å². The van der Waals surface area contributed by atoms with Gasteiger partial charge in [0.2, 0.25) is 0 Å². The standard InChI is InChI=1S/C61H106O5/c1-4-7-10-13-16-19-22-25-27-29-31-32-34-37-39-42-45-48-51-54-60(62)65-58-59(66-61(63)55-52-49-46-43-40-36-24-21-18-15-12-9-6-3)57-64-56-53-50-47-44-41-38-35-33-30-28-26-23-20-17-14-11-8-5-2/h8,11,16-17,19-21,24-28,31-32,59H,4-7,9-10,12-15,18,22-23,29-30,33-58H2,1-3H3/b11-8-,19-16-,20-17-,24-21-,27-25-,28-26-,32-31-. The number of hydrogen-bond acceptors (Lipinski definition) is 5. The van der Waals surface area contributed by atoms with Crippen LogP contribution in [-0.2, 0) is 23.8 Å². The van der Waals surface area contributed by atoms with E-state index < -0.39 is 6.10 Å². The largest absolute Gasteiger partial charge is 0.462 e. The average molecular weight is 920 g/mol. The number of carbonyl (C=O) groups excluding carboxylic acids is 2. The SMILES string of the molecule is CC/C=C\C/C=C\C/C=C\CCCCCCCCCCOCC(COC(=O)CCCCCCCC/C=C\C/C=C\C/C=C\CCCCC)OC(=O)CCCCCCC/C=C\CCCCCC. The Morgan fingerprint density at radius 3 is 1.14 bits per heavy atom. The molecule has 1 atom stereocenters. The van der Waals surface area contributed by atoms with Gasteiger partial charge in [-0.05, 0) is 116 Å². The van der Waals surface area contributed by atoms with Crippen molar-refractivity contribution < 1.29 is 23.8 Å². The summed E-state index contributed by atoms with van der Waals surface area (Å²) in [6, 6.07) is 0. The molecule has 0 bridgehead atoms. The third-order valence-electron chi connectivity index (χ3n) is 11.9. The zero-order valence-corrected chi connectivity index (χ0v) is 43.7. The lowest BCUT2D eigenvalue weighted by Crippen LogP contribution is -2.30. The zero-order chi connectivity index (χ0) is 47.7. The fourth-order valence-corrected chi connectivity index (χ4v) is 7.70. The van der Waals surface area contributed by atoms with Gasteiger partial charge in [-0.25, -0.2) is 0 Å². The van der Waals surface area contributed by atoms with Gasteiger partial charge in [0.05, 0.1) is 6.61 Å². The van der Waals surface area contributed by atoms with Crippen LogP contribution in [0.25, 0.3) is 0 Å². The van der Waals surface area contributed by atoms with E-state index in [9.17, 15) is 9.59 Å². The van der Waals surface area contributed by atoms with Crippen molar-refractivity contribution in [1.82, 2.24) is 0 Å². The number of hydrogen-bond donors (Lipinski definition) is 0. The van der Waals surface area contributed by atoms with Crippen LogP contribution in [-0.4, -0.2) is 37.9 Å². The van der Waals surface area contributed by atoms with Gasteiger partial charge >= 0.3 is 11.9 Å². The maximum atomic E-state index is 12.8. The maximum Gasteiger partial charge on any atom is 0.306 e. The van der Waals surface area contributed by atoms with Crippen molar-refractivity contribution in [3.05, 3.63) is 85.1 Å². The lowest BCUT2D eigenvalue weighted by molar-refractivity contribution is -0.163. The molecule has 0 heterocycles. The second kappa shape index (κ2) is 56.4. The number of ether oxygens (including phenoxy) is 3. The summed E-state index contributed by atoms with van der Waals surface area (Å²) in [5.74, 6) is -0.423. The van der Waals surface area contributed by atoms with Crippen molar-refractivity contribution in [2.24, 2.45) is 0 Å². The monoisotopic (exact) mass is 919 g/mol. The number of unbranched alkanes of at least 4 members (excludes halogenated alkanes) is 26. The molecule has 0 aliphatic carbocycles. The summed E-state index contributed by atoms with van der Waals surface area (Å²) in [5, 5.41) is 0. The van der Waals surface area contributed by atoms with Crippen LogP contribution in [0.15, 0.2) is 85.1 Å². The second-order valence-electron chi connectivity index (χ2n) is 18.4. The van der Waals surface area contributed by atoms with E-state index in [4.69, 9.17) is 14.2 Å². The van der Waals surface area contributed by atoms with E-state index in [1.807, 2.05) is 0 Å². The lowest BCUT2D eigenvalue weighted by atomic mass is 10.1. The van der Waals surface area contributed by atoms with Crippen LogP contribution >= 0.6 is 0 Å². The summed E-state index contributed by atoms with van der Waals surface area (Å²) in [6.07, 6.45) is 74.5. The zero-order valence-electron chi connectivity index (χ0n) is 43.7. The molecule has 0 amide bonds. The van der Waals surface area contributed by atoms with Crippen LogP contribution < -0.4 is 0 Å².